The summed E-state index contributed by atoms with van der Waals surface area (Å²) >= 11 is 1.46. The van der Waals surface area contributed by atoms with Gasteiger partial charge in [-0.2, -0.15) is 0 Å². The number of nitrogens with zero attached hydrogens (tertiary/aromatic N) is 2. The number of aromatic nitrogens is 1. The molecule has 1 aromatic carbocycles. The van der Waals surface area contributed by atoms with Crippen LogP contribution < -0.4 is 4.74 Å². The van der Waals surface area contributed by atoms with E-state index < -0.39 is 4.92 Å². The minimum absolute atomic E-state index is 0.0132. The van der Waals surface area contributed by atoms with Crippen LogP contribution in [-0.2, 0) is 4.74 Å². The quantitative estimate of drug-likeness (QED) is 0.386. The fraction of sp³-hybridized carbons (Fsp3) is 0.278. The summed E-state index contributed by atoms with van der Waals surface area (Å²) in [6, 6.07) is 6.39. The maximum Gasteiger partial charge on any atom is 0.270 e. The average Bonchev–Trinajstić information content (AvgIpc) is 2.62. The molecule has 0 spiro atoms. The number of methoxy groups -OCH3 is 1. The molecule has 0 N–H and O–H groups in total. The summed E-state index contributed by atoms with van der Waals surface area (Å²) in [4.78, 5) is 16.2. The maximum atomic E-state index is 11.0. The highest BCUT2D eigenvalue weighted by molar-refractivity contribution is 8.11. The molecular weight excluding hydrogens is 340 g/mol. The number of hydrogen-bond acceptors (Lipinski definition) is 6. The second-order valence-corrected chi connectivity index (χ2v) is 6.01. The van der Waals surface area contributed by atoms with E-state index in [1.807, 2.05) is 32.9 Å². The average molecular weight is 360 g/mol. The van der Waals surface area contributed by atoms with Crippen molar-refractivity contribution in [3.8, 4) is 5.75 Å². The van der Waals surface area contributed by atoms with Crippen molar-refractivity contribution in [3.63, 3.8) is 0 Å². The van der Waals surface area contributed by atoms with Gasteiger partial charge in [0.25, 0.3) is 5.69 Å². The van der Waals surface area contributed by atoms with Gasteiger partial charge >= 0.3 is 0 Å². The van der Waals surface area contributed by atoms with Crippen LogP contribution in [0.1, 0.15) is 26.5 Å². The van der Waals surface area contributed by atoms with Gasteiger partial charge in [0.15, 0.2) is 5.09 Å². The third-order valence-electron chi connectivity index (χ3n) is 3.43. The normalized spacial score (nSPS) is 12.3. The fourth-order valence-corrected chi connectivity index (χ4v) is 3.03. The lowest BCUT2D eigenvalue weighted by Gasteiger charge is -2.13. The molecule has 0 amide bonds. The third kappa shape index (κ3) is 4.30. The minimum atomic E-state index is -0.423. The van der Waals surface area contributed by atoms with Crippen LogP contribution in [0.15, 0.2) is 41.5 Å². The number of non-ortho nitro benzene ring substituents is 1. The van der Waals surface area contributed by atoms with Crippen molar-refractivity contribution < 1.29 is 14.4 Å². The van der Waals surface area contributed by atoms with Gasteiger partial charge in [-0.25, -0.2) is 4.98 Å². The van der Waals surface area contributed by atoms with Gasteiger partial charge < -0.3 is 9.47 Å². The lowest BCUT2D eigenvalue weighted by molar-refractivity contribution is -0.384. The summed E-state index contributed by atoms with van der Waals surface area (Å²) in [5.41, 5.74) is 1.39. The standard InChI is InChI=1S/C18H20N2O4S/c1-5-17(25-18(6-2)23-4)15-11-16(24-7-3)13-10-12(20(21)22)8-9-14(13)19-15/h5-6,8-11H,7H2,1-4H3/b17-5-,18-6-. The monoisotopic (exact) mass is 360 g/mol. The Bertz CT molecular complexity index is 846. The lowest BCUT2D eigenvalue weighted by Crippen LogP contribution is -1.98. The van der Waals surface area contributed by atoms with Gasteiger partial charge in [-0.15, -0.1) is 0 Å². The Morgan fingerprint density at radius 2 is 2.08 bits per heavy atom. The van der Waals surface area contributed by atoms with Gasteiger partial charge in [-0.05, 0) is 32.9 Å². The van der Waals surface area contributed by atoms with E-state index in [1.165, 1.54) is 23.9 Å². The molecule has 2 aromatic rings. The molecule has 0 saturated heterocycles. The largest absolute Gasteiger partial charge is 0.493 e. The number of nitro groups is 1. The first-order chi connectivity index (χ1) is 12.0. The summed E-state index contributed by atoms with van der Waals surface area (Å²) in [5.74, 6) is 0.575. The summed E-state index contributed by atoms with van der Waals surface area (Å²) in [6.45, 7) is 6.15. The Labute approximate surface area is 150 Å². The molecule has 2 rings (SSSR count). The van der Waals surface area contributed by atoms with Crippen molar-refractivity contribution in [1.29, 1.82) is 0 Å². The summed E-state index contributed by atoms with van der Waals surface area (Å²) in [5, 5.41) is 12.4. The van der Waals surface area contributed by atoms with Crippen LogP contribution in [0.3, 0.4) is 0 Å². The van der Waals surface area contributed by atoms with Crippen LogP contribution >= 0.6 is 11.8 Å². The van der Waals surface area contributed by atoms with Crippen LogP contribution in [-0.4, -0.2) is 23.6 Å². The highest BCUT2D eigenvalue weighted by Crippen LogP contribution is 2.37. The highest BCUT2D eigenvalue weighted by atomic mass is 32.2. The molecule has 0 aliphatic heterocycles. The first-order valence-corrected chi connectivity index (χ1v) is 8.62. The van der Waals surface area contributed by atoms with Gasteiger partial charge in [0.1, 0.15) is 5.75 Å². The van der Waals surface area contributed by atoms with Gasteiger partial charge in [0.05, 0.1) is 29.9 Å². The molecule has 1 aromatic heterocycles. The molecule has 0 unspecified atom stereocenters. The molecular formula is C18H20N2O4S. The fourth-order valence-electron chi connectivity index (χ4n) is 2.28. The van der Waals surface area contributed by atoms with Gasteiger partial charge in [-0.3, -0.25) is 10.1 Å². The molecule has 132 valence electrons. The minimum Gasteiger partial charge on any atom is -0.493 e. The first-order valence-electron chi connectivity index (χ1n) is 7.80. The third-order valence-corrected chi connectivity index (χ3v) is 4.70. The van der Waals surface area contributed by atoms with E-state index in [-0.39, 0.29) is 5.69 Å². The number of thioether (sulfide) groups is 1. The van der Waals surface area contributed by atoms with Crippen LogP contribution in [0.5, 0.6) is 5.75 Å². The summed E-state index contributed by atoms with van der Waals surface area (Å²) in [6.07, 6.45) is 3.82. The van der Waals surface area contributed by atoms with Crippen molar-refractivity contribution in [1.82, 2.24) is 4.98 Å². The molecule has 0 radical (unpaired) electrons. The van der Waals surface area contributed by atoms with Crippen molar-refractivity contribution in [3.05, 3.63) is 57.3 Å². The van der Waals surface area contributed by atoms with E-state index in [1.54, 1.807) is 19.2 Å². The zero-order valence-corrected chi connectivity index (χ0v) is 15.4. The Hall–Kier alpha value is -2.54. The summed E-state index contributed by atoms with van der Waals surface area (Å²) < 4.78 is 11.0. The Morgan fingerprint density at radius 1 is 1.32 bits per heavy atom. The number of rotatable bonds is 7. The van der Waals surface area contributed by atoms with Crippen LogP contribution in [0, 0.1) is 10.1 Å². The molecule has 0 aliphatic carbocycles. The predicted molar refractivity (Wildman–Crippen MR) is 102 cm³/mol. The Kier molecular flexibility index (Phi) is 6.41. The highest BCUT2D eigenvalue weighted by Gasteiger charge is 2.15. The van der Waals surface area contributed by atoms with Crippen molar-refractivity contribution in [2.75, 3.05) is 13.7 Å². The Morgan fingerprint density at radius 3 is 2.64 bits per heavy atom. The molecule has 0 atom stereocenters. The van der Waals surface area contributed by atoms with Crippen molar-refractivity contribution in [2.45, 2.75) is 20.8 Å². The summed E-state index contributed by atoms with van der Waals surface area (Å²) in [7, 11) is 1.62. The second kappa shape index (κ2) is 8.53. The SMILES string of the molecule is C/C=C(/OC)S/C(=C\C)c1cc(OCC)c2cc([N+](=O)[O-])ccc2n1. The van der Waals surface area contributed by atoms with E-state index in [9.17, 15) is 10.1 Å². The zero-order valence-electron chi connectivity index (χ0n) is 14.6. The number of ether oxygens (including phenoxy) is 2. The van der Waals surface area contributed by atoms with E-state index in [2.05, 4.69) is 4.98 Å². The molecule has 6 nitrogen and oxygen atoms in total. The smallest absolute Gasteiger partial charge is 0.270 e. The van der Waals surface area contributed by atoms with Crippen molar-refractivity contribution >= 4 is 33.3 Å². The van der Waals surface area contributed by atoms with Gasteiger partial charge in [0.2, 0.25) is 0 Å². The molecule has 7 heteroatoms. The number of nitro benzene ring substituents is 1. The van der Waals surface area contributed by atoms with Gasteiger partial charge in [-0.1, -0.05) is 17.8 Å². The van der Waals surface area contributed by atoms with E-state index in [0.717, 1.165) is 15.7 Å². The van der Waals surface area contributed by atoms with Gasteiger partial charge in [0, 0.05) is 28.5 Å². The number of fused-ring (bicyclic) bond motifs is 1. The molecule has 0 bridgehead atoms. The zero-order chi connectivity index (χ0) is 18.4. The molecule has 0 aliphatic rings. The van der Waals surface area contributed by atoms with Crippen LogP contribution in [0.25, 0.3) is 15.8 Å². The van der Waals surface area contributed by atoms with E-state index >= 15 is 0 Å². The number of allylic oxidation sites excluding steroid dienone is 2. The van der Waals surface area contributed by atoms with E-state index in [0.29, 0.717) is 23.3 Å². The number of benzene rings is 1. The number of hydrogen-bond donors (Lipinski definition) is 0. The number of pyridine rings is 1. The molecule has 0 fully saturated rings. The molecule has 0 saturated carbocycles. The lowest BCUT2D eigenvalue weighted by atomic mass is 10.1. The van der Waals surface area contributed by atoms with Crippen LogP contribution in [0.4, 0.5) is 5.69 Å². The topological polar surface area (TPSA) is 74.5 Å². The Balaban J connectivity index is 2.58. The van der Waals surface area contributed by atoms with Crippen LogP contribution in [0.2, 0.25) is 0 Å². The second-order valence-electron chi connectivity index (χ2n) is 4.96. The van der Waals surface area contributed by atoms with E-state index in [4.69, 9.17) is 9.47 Å². The molecule has 1 heterocycles. The maximum absolute atomic E-state index is 11.0. The molecule has 25 heavy (non-hydrogen) atoms. The first kappa shape index (κ1) is 18.8. The predicted octanol–water partition coefficient (Wildman–Crippen LogP) is 5.14. The van der Waals surface area contributed by atoms with Crippen molar-refractivity contribution in [2.24, 2.45) is 0 Å².